The zero-order valence-electron chi connectivity index (χ0n) is 13.1. The van der Waals surface area contributed by atoms with Gasteiger partial charge in [0.2, 0.25) is 5.89 Å². The molecule has 8 heteroatoms. The van der Waals surface area contributed by atoms with Gasteiger partial charge in [0.05, 0.1) is 18.3 Å². The molecule has 124 valence electrons. The molecule has 2 aromatic heterocycles. The van der Waals surface area contributed by atoms with Crippen LogP contribution in [-0.2, 0) is 13.6 Å². The fraction of sp³-hybridized carbons (Fsp3) is 0.571. The van der Waals surface area contributed by atoms with E-state index in [-0.39, 0.29) is 30.9 Å². The van der Waals surface area contributed by atoms with Gasteiger partial charge < -0.3 is 14.3 Å². The van der Waals surface area contributed by atoms with Gasteiger partial charge in [0.1, 0.15) is 11.6 Å². The van der Waals surface area contributed by atoms with Crippen molar-refractivity contribution >= 4 is 24.8 Å². The van der Waals surface area contributed by atoms with Gasteiger partial charge in [-0.1, -0.05) is 0 Å². The van der Waals surface area contributed by atoms with E-state index in [4.69, 9.17) is 4.42 Å². The van der Waals surface area contributed by atoms with E-state index in [1.165, 1.54) is 0 Å². The Bertz CT molecular complexity index is 578. The van der Waals surface area contributed by atoms with Gasteiger partial charge in [-0.3, -0.25) is 4.90 Å². The van der Waals surface area contributed by atoms with Crippen LogP contribution in [0.4, 0.5) is 0 Å². The van der Waals surface area contributed by atoms with E-state index < -0.39 is 0 Å². The van der Waals surface area contributed by atoms with Crippen LogP contribution >= 0.6 is 24.8 Å². The number of nitrogens with zero attached hydrogens (tertiary/aromatic N) is 4. The summed E-state index contributed by atoms with van der Waals surface area (Å²) in [5, 5.41) is 3.44. The van der Waals surface area contributed by atoms with Gasteiger partial charge in [0.25, 0.3) is 0 Å². The van der Waals surface area contributed by atoms with Crippen LogP contribution < -0.4 is 5.32 Å². The second-order valence-electron chi connectivity index (χ2n) is 5.34. The highest BCUT2D eigenvalue weighted by atomic mass is 35.5. The first-order chi connectivity index (χ1) is 9.65. The number of oxazole rings is 1. The molecule has 0 bridgehead atoms. The number of nitrogens with one attached hydrogen (secondary N) is 1. The molecule has 22 heavy (non-hydrogen) atoms. The highest BCUT2D eigenvalue weighted by molar-refractivity contribution is 5.85. The first kappa shape index (κ1) is 19.0. The molecule has 1 saturated heterocycles. The molecule has 6 nitrogen and oxygen atoms in total. The van der Waals surface area contributed by atoms with E-state index in [0.29, 0.717) is 0 Å². The number of aromatic nitrogens is 3. The molecular formula is C14H23Cl2N5O. The van der Waals surface area contributed by atoms with Gasteiger partial charge in [0.15, 0.2) is 0 Å². The molecule has 1 unspecified atom stereocenters. The molecule has 0 radical (unpaired) electrons. The summed E-state index contributed by atoms with van der Waals surface area (Å²) < 4.78 is 7.79. The second-order valence-corrected chi connectivity index (χ2v) is 5.34. The van der Waals surface area contributed by atoms with Crippen molar-refractivity contribution in [3.8, 4) is 0 Å². The lowest BCUT2D eigenvalue weighted by atomic mass is 10.1. The first-order valence-electron chi connectivity index (χ1n) is 7.00. The number of rotatable bonds is 3. The Morgan fingerprint density at radius 1 is 1.36 bits per heavy atom. The predicted octanol–water partition coefficient (Wildman–Crippen LogP) is 2.02. The third-order valence-electron chi connectivity index (χ3n) is 3.92. The highest BCUT2D eigenvalue weighted by Gasteiger charge is 2.27. The first-order valence-corrected chi connectivity index (χ1v) is 7.00. The van der Waals surface area contributed by atoms with Crippen LogP contribution in [-0.4, -0.2) is 39.1 Å². The topological polar surface area (TPSA) is 59.1 Å². The molecule has 0 saturated carbocycles. The molecule has 0 aromatic carbocycles. The highest BCUT2D eigenvalue weighted by Crippen LogP contribution is 2.23. The Balaban J connectivity index is 0.00000121. The number of hydrogen-bond acceptors (Lipinski definition) is 5. The zero-order chi connectivity index (χ0) is 14.1. The Morgan fingerprint density at radius 3 is 2.73 bits per heavy atom. The van der Waals surface area contributed by atoms with Crippen molar-refractivity contribution < 1.29 is 4.42 Å². The Labute approximate surface area is 143 Å². The average molecular weight is 348 g/mol. The lowest BCUT2D eigenvalue weighted by molar-refractivity contribution is 0.131. The Morgan fingerprint density at radius 2 is 2.14 bits per heavy atom. The molecule has 1 aliphatic rings. The van der Waals surface area contributed by atoms with Gasteiger partial charge in [0, 0.05) is 39.1 Å². The number of piperazine rings is 1. The van der Waals surface area contributed by atoms with Crippen molar-refractivity contribution in [1.82, 2.24) is 24.8 Å². The van der Waals surface area contributed by atoms with Gasteiger partial charge in [-0.25, -0.2) is 9.97 Å². The standard InChI is InChI=1S/C14H21N5O.2ClH/c1-10-11(2)20-13(17-10)9-19-7-4-15-8-12(19)14-16-5-6-18(14)3;;/h5-6,12,15H,4,7-9H2,1-3H3;2*1H. The van der Waals surface area contributed by atoms with Crippen molar-refractivity contribution in [3.05, 3.63) is 35.6 Å². The van der Waals surface area contributed by atoms with Crippen LogP contribution in [0.5, 0.6) is 0 Å². The van der Waals surface area contributed by atoms with Gasteiger partial charge in [-0.05, 0) is 13.8 Å². The molecule has 3 heterocycles. The van der Waals surface area contributed by atoms with Crippen LogP contribution in [0.2, 0.25) is 0 Å². The molecule has 3 rings (SSSR count). The van der Waals surface area contributed by atoms with Crippen molar-refractivity contribution in [2.24, 2.45) is 7.05 Å². The van der Waals surface area contributed by atoms with Gasteiger partial charge in [-0.15, -0.1) is 24.8 Å². The minimum absolute atomic E-state index is 0. The average Bonchev–Trinajstić information content (AvgIpc) is 2.97. The largest absolute Gasteiger partial charge is 0.444 e. The predicted molar refractivity (Wildman–Crippen MR) is 89.7 cm³/mol. The molecule has 1 fully saturated rings. The molecule has 1 aliphatic heterocycles. The zero-order valence-corrected chi connectivity index (χ0v) is 14.7. The summed E-state index contributed by atoms with van der Waals surface area (Å²) in [6, 6.07) is 0.260. The van der Waals surface area contributed by atoms with E-state index in [1.54, 1.807) is 0 Å². The lowest BCUT2D eigenvalue weighted by Gasteiger charge is -2.34. The third-order valence-corrected chi connectivity index (χ3v) is 3.92. The van der Waals surface area contributed by atoms with Crippen molar-refractivity contribution in [2.45, 2.75) is 26.4 Å². The molecule has 1 N–H and O–H groups in total. The second kappa shape index (κ2) is 7.97. The fourth-order valence-electron chi connectivity index (χ4n) is 2.67. The van der Waals surface area contributed by atoms with Crippen LogP contribution in [0.3, 0.4) is 0 Å². The Kier molecular flexibility index (Phi) is 6.87. The van der Waals surface area contributed by atoms with Crippen molar-refractivity contribution in [2.75, 3.05) is 19.6 Å². The summed E-state index contributed by atoms with van der Waals surface area (Å²) in [6.07, 6.45) is 3.84. The number of aryl methyl sites for hydroxylation is 3. The fourth-order valence-corrected chi connectivity index (χ4v) is 2.67. The monoisotopic (exact) mass is 347 g/mol. The summed E-state index contributed by atoms with van der Waals surface area (Å²) >= 11 is 0. The maximum Gasteiger partial charge on any atom is 0.208 e. The molecule has 0 amide bonds. The van der Waals surface area contributed by atoms with Gasteiger partial charge in [-0.2, -0.15) is 0 Å². The van der Waals surface area contributed by atoms with Crippen LogP contribution in [0, 0.1) is 13.8 Å². The van der Waals surface area contributed by atoms with Crippen LogP contribution in [0.25, 0.3) is 0 Å². The molecule has 2 aromatic rings. The molecule has 0 spiro atoms. The Hall–Kier alpha value is -1.08. The molecule has 0 aliphatic carbocycles. The third kappa shape index (κ3) is 3.81. The van der Waals surface area contributed by atoms with E-state index in [0.717, 1.165) is 49.3 Å². The van der Waals surface area contributed by atoms with Gasteiger partial charge >= 0.3 is 0 Å². The van der Waals surface area contributed by atoms with E-state index in [9.17, 15) is 0 Å². The van der Waals surface area contributed by atoms with Crippen LogP contribution in [0.1, 0.15) is 29.2 Å². The maximum absolute atomic E-state index is 5.71. The van der Waals surface area contributed by atoms with Crippen molar-refractivity contribution in [1.29, 1.82) is 0 Å². The van der Waals surface area contributed by atoms with E-state index >= 15 is 0 Å². The quantitative estimate of drug-likeness (QED) is 0.920. The summed E-state index contributed by atoms with van der Waals surface area (Å²) in [6.45, 7) is 7.53. The number of imidazole rings is 1. The minimum Gasteiger partial charge on any atom is -0.444 e. The smallest absolute Gasteiger partial charge is 0.208 e. The number of halogens is 2. The maximum atomic E-state index is 5.71. The SMILES string of the molecule is Cc1nc(CN2CCNCC2c2nccn2C)oc1C.Cl.Cl. The van der Waals surface area contributed by atoms with Crippen LogP contribution in [0.15, 0.2) is 16.8 Å². The lowest BCUT2D eigenvalue weighted by Crippen LogP contribution is -2.46. The molecule has 1 atom stereocenters. The normalized spacial score (nSPS) is 18.6. The summed E-state index contributed by atoms with van der Waals surface area (Å²) in [5.41, 5.74) is 0.976. The van der Waals surface area contributed by atoms with E-state index in [2.05, 4.69) is 24.8 Å². The number of hydrogen-bond donors (Lipinski definition) is 1. The van der Waals surface area contributed by atoms with E-state index in [1.807, 2.05) is 33.3 Å². The summed E-state index contributed by atoms with van der Waals surface area (Å²) in [7, 11) is 2.04. The summed E-state index contributed by atoms with van der Waals surface area (Å²) in [4.78, 5) is 11.3. The van der Waals surface area contributed by atoms with Crippen molar-refractivity contribution in [3.63, 3.8) is 0 Å². The summed E-state index contributed by atoms with van der Waals surface area (Å²) in [5.74, 6) is 2.78. The minimum atomic E-state index is 0. The molecular weight excluding hydrogens is 325 g/mol.